The molecule has 0 aliphatic rings. The number of rotatable bonds is 7. The van der Waals surface area contributed by atoms with E-state index in [-0.39, 0.29) is 12.0 Å². The lowest BCUT2D eigenvalue weighted by atomic mass is 10.2. The smallest absolute Gasteiger partial charge is 0.268 e. The molecule has 0 saturated heterocycles. The van der Waals surface area contributed by atoms with Crippen LogP contribution in [0.15, 0.2) is 24.3 Å². The van der Waals surface area contributed by atoms with Crippen LogP contribution < -0.4 is 16.0 Å². The minimum Gasteiger partial charge on any atom is -0.491 e. The quantitative estimate of drug-likeness (QED) is 0.367. The Kier molecular flexibility index (Phi) is 6.27. The lowest BCUT2D eigenvalue weighted by Crippen LogP contribution is -2.32. The number of benzene rings is 1. The molecule has 0 saturated carbocycles. The van der Waals surface area contributed by atoms with E-state index in [1.54, 1.807) is 31.2 Å². The Balaban J connectivity index is 2.51. The molecule has 6 nitrogen and oxygen atoms in total. The first-order valence-electron chi connectivity index (χ1n) is 6.14. The van der Waals surface area contributed by atoms with Gasteiger partial charge in [0, 0.05) is 13.1 Å². The van der Waals surface area contributed by atoms with Crippen LogP contribution in [0.3, 0.4) is 0 Å². The summed E-state index contributed by atoms with van der Waals surface area (Å²) in [5, 5.41) is 9.24. The molecule has 0 aromatic heterocycles. The molecule has 1 aromatic rings. The number of nitrogens with one attached hydrogen (secondary N) is 1. The van der Waals surface area contributed by atoms with Crippen molar-refractivity contribution in [2.75, 3.05) is 26.7 Å². The molecular weight excluding hydrogens is 246 g/mol. The largest absolute Gasteiger partial charge is 0.491 e. The highest BCUT2D eigenvalue weighted by Gasteiger charge is 2.10. The summed E-state index contributed by atoms with van der Waals surface area (Å²) in [5.41, 5.74) is 2.49. The third-order valence-electron chi connectivity index (χ3n) is 2.57. The number of carbonyl (C=O) groups excluding carboxylic acids is 1. The lowest BCUT2D eigenvalue weighted by molar-refractivity contribution is 0.0948. The second kappa shape index (κ2) is 7.73. The van der Waals surface area contributed by atoms with Crippen molar-refractivity contribution in [3.8, 4) is 5.75 Å². The Morgan fingerprint density at radius 1 is 1.53 bits per heavy atom. The van der Waals surface area contributed by atoms with Crippen LogP contribution in [-0.2, 0) is 0 Å². The van der Waals surface area contributed by atoms with Gasteiger partial charge >= 0.3 is 0 Å². The van der Waals surface area contributed by atoms with Gasteiger partial charge in [0.2, 0.25) is 0 Å². The Labute approximate surface area is 113 Å². The minimum atomic E-state index is -0.382. The van der Waals surface area contributed by atoms with E-state index in [2.05, 4.69) is 5.43 Å². The predicted octanol–water partition coefficient (Wildman–Crippen LogP) is -0.0185. The third-order valence-corrected chi connectivity index (χ3v) is 2.57. The molecule has 0 bridgehead atoms. The Bertz CT molecular complexity index is 410. The second-order valence-electron chi connectivity index (χ2n) is 4.43. The molecule has 1 atom stereocenters. The predicted molar refractivity (Wildman–Crippen MR) is 72.8 cm³/mol. The van der Waals surface area contributed by atoms with Gasteiger partial charge in [-0.3, -0.25) is 10.2 Å². The molecule has 19 heavy (non-hydrogen) atoms. The van der Waals surface area contributed by atoms with Crippen molar-refractivity contribution < 1.29 is 14.6 Å². The van der Waals surface area contributed by atoms with E-state index in [0.29, 0.717) is 31.0 Å². The summed E-state index contributed by atoms with van der Waals surface area (Å²) < 4.78 is 5.57. The number of nitrogen functional groups attached to an aromatic ring is 1. The van der Waals surface area contributed by atoms with Crippen LogP contribution >= 0.6 is 0 Å². The SMILES string of the molecule is CC(O)CN(C)CCOc1ccccc1C(=O)NN. The maximum absolute atomic E-state index is 11.5. The van der Waals surface area contributed by atoms with Gasteiger partial charge < -0.3 is 14.7 Å². The van der Waals surface area contributed by atoms with Gasteiger partial charge in [0.25, 0.3) is 5.91 Å². The number of carbonyl (C=O) groups is 1. The Morgan fingerprint density at radius 2 is 2.21 bits per heavy atom. The number of hydrogen-bond donors (Lipinski definition) is 3. The molecule has 0 radical (unpaired) electrons. The zero-order valence-corrected chi connectivity index (χ0v) is 11.3. The Morgan fingerprint density at radius 3 is 2.84 bits per heavy atom. The van der Waals surface area contributed by atoms with Crippen LogP contribution in [0.4, 0.5) is 0 Å². The van der Waals surface area contributed by atoms with Gasteiger partial charge in [-0.25, -0.2) is 5.84 Å². The van der Waals surface area contributed by atoms with E-state index in [1.165, 1.54) is 0 Å². The average Bonchev–Trinajstić information content (AvgIpc) is 2.37. The van der Waals surface area contributed by atoms with Gasteiger partial charge in [-0.2, -0.15) is 0 Å². The first kappa shape index (κ1) is 15.4. The van der Waals surface area contributed by atoms with E-state index < -0.39 is 0 Å². The standard InChI is InChI=1S/C13H21N3O3/c1-10(17)9-16(2)7-8-19-12-6-4-3-5-11(12)13(18)15-14/h3-6,10,17H,7-9,14H2,1-2H3,(H,15,18). The molecule has 6 heteroatoms. The molecule has 106 valence electrons. The third kappa shape index (κ3) is 5.25. The van der Waals surface area contributed by atoms with Crippen molar-refractivity contribution in [1.29, 1.82) is 0 Å². The van der Waals surface area contributed by atoms with E-state index in [9.17, 15) is 9.90 Å². The summed E-state index contributed by atoms with van der Waals surface area (Å²) in [4.78, 5) is 13.5. The highest BCUT2D eigenvalue weighted by molar-refractivity contribution is 5.96. The summed E-state index contributed by atoms with van der Waals surface area (Å²) >= 11 is 0. The summed E-state index contributed by atoms with van der Waals surface area (Å²) in [5.74, 6) is 5.23. The van der Waals surface area contributed by atoms with Gasteiger partial charge in [-0.1, -0.05) is 12.1 Å². The molecule has 0 fully saturated rings. The number of nitrogens with zero attached hydrogens (tertiary/aromatic N) is 1. The maximum atomic E-state index is 11.5. The Hall–Kier alpha value is -1.63. The molecule has 1 rings (SSSR count). The number of ether oxygens (including phenoxy) is 1. The number of nitrogens with two attached hydrogens (primary N) is 1. The molecule has 1 unspecified atom stereocenters. The second-order valence-corrected chi connectivity index (χ2v) is 4.43. The van der Waals surface area contributed by atoms with Crippen LogP contribution in [0.2, 0.25) is 0 Å². The van der Waals surface area contributed by atoms with Crippen LogP contribution in [0.1, 0.15) is 17.3 Å². The fourth-order valence-electron chi connectivity index (χ4n) is 1.71. The van der Waals surface area contributed by atoms with Gasteiger partial charge in [0.05, 0.1) is 11.7 Å². The summed E-state index contributed by atoms with van der Waals surface area (Å²) in [6.45, 7) is 3.40. The minimum absolute atomic E-state index is 0.375. The number of para-hydroxylation sites is 1. The fraction of sp³-hybridized carbons (Fsp3) is 0.462. The van der Waals surface area contributed by atoms with Crippen molar-refractivity contribution in [2.45, 2.75) is 13.0 Å². The summed E-state index contributed by atoms with van der Waals surface area (Å²) in [7, 11) is 1.90. The highest BCUT2D eigenvalue weighted by Crippen LogP contribution is 2.17. The van der Waals surface area contributed by atoms with Crippen LogP contribution in [0, 0.1) is 0 Å². The van der Waals surface area contributed by atoms with E-state index in [1.807, 2.05) is 11.9 Å². The van der Waals surface area contributed by atoms with E-state index in [4.69, 9.17) is 10.6 Å². The number of aliphatic hydroxyl groups is 1. The number of amides is 1. The number of hydrogen-bond acceptors (Lipinski definition) is 5. The number of aliphatic hydroxyl groups excluding tert-OH is 1. The molecular formula is C13H21N3O3. The van der Waals surface area contributed by atoms with Crippen molar-refractivity contribution >= 4 is 5.91 Å². The zero-order valence-electron chi connectivity index (χ0n) is 11.3. The normalized spacial score (nSPS) is 12.3. The number of likely N-dealkylation sites (N-methyl/N-ethyl adjacent to an activating group) is 1. The van der Waals surface area contributed by atoms with Gasteiger partial charge in [-0.15, -0.1) is 0 Å². The fourth-order valence-corrected chi connectivity index (χ4v) is 1.71. The average molecular weight is 267 g/mol. The van der Waals surface area contributed by atoms with Crippen molar-refractivity contribution in [1.82, 2.24) is 10.3 Å². The lowest BCUT2D eigenvalue weighted by Gasteiger charge is -2.18. The van der Waals surface area contributed by atoms with Gasteiger partial charge in [0.15, 0.2) is 0 Å². The first-order valence-corrected chi connectivity index (χ1v) is 6.14. The van der Waals surface area contributed by atoms with Crippen LogP contribution in [0.5, 0.6) is 5.75 Å². The summed E-state index contributed by atoms with van der Waals surface area (Å²) in [6.07, 6.45) is -0.375. The molecule has 4 N–H and O–H groups in total. The molecule has 0 spiro atoms. The van der Waals surface area contributed by atoms with Crippen LogP contribution in [-0.4, -0.2) is 48.8 Å². The van der Waals surface area contributed by atoms with Crippen molar-refractivity contribution in [2.24, 2.45) is 5.84 Å². The molecule has 1 aromatic carbocycles. The summed E-state index contributed by atoms with van der Waals surface area (Å²) in [6, 6.07) is 6.91. The van der Waals surface area contributed by atoms with E-state index >= 15 is 0 Å². The van der Waals surface area contributed by atoms with Crippen molar-refractivity contribution in [3.63, 3.8) is 0 Å². The topological polar surface area (TPSA) is 87.8 Å². The molecule has 0 heterocycles. The highest BCUT2D eigenvalue weighted by atomic mass is 16.5. The molecule has 0 aliphatic heterocycles. The zero-order chi connectivity index (χ0) is 14.3. The monoisotopic (exact) mass is 267 g/mol. The van der Waals surface area contributed by atoms with Crippen LogP contribution in [0.25, 0.3) is 0 Å². The maximum Gasteiger partial charge on any atom is 0.268 e. The molecule has 1 amide bonds. The van der Waals surface area contributed by atoms with Gasteiger partial charge in [-0.05, 0) is 26.1 Å². The number of hydrazine groups is 1. The van der Waals surface area contributed by atoms with Gasteiger partial charge in [0.1, 0.15) is 12.4 Å². The van der Waals surface area contributed by atoms with Crippen molar-refractivity contribution in [3.05, 3.63) is 29.8 Å². The van der Waals surface area contributed by atoms with E-state index in [0.717, 1.165) is 0 Å². The first-order chi connectivity index (χ1) is 9.04. The molecule has 0 aliphatic carbocycles.